The Bertz CT molecular complexity index is 526. The molecule has 21 heavy (non-hydrogen) atoms. The second-order valence-electron chi connectivity index (χ2n) is 5.45. The average molecular weight is 294 g/mol. The summed E-state index contributed by atoms with van der Waals surface area (Å²) in [5.74, 6) is -0.888. The number of carbonyl (C=O) groups is 2. The van der Waals surface area contributed by atoms with E-state index in [9.17, 15) is 9.59 Å². The van der Waals surface area contributed by atoms with Gasteiger partial charge in [-0.15, -0.1) is 0 Å². The topological polar surface area (TPSA) is 87.5 Å². The van der Waals surface area contributed by atoms with Crippen molar-refractivity contribution in [3.05, 3.63) is 17.5 Å². The van der Waals surface area contributed by atoms with Gasteiger partial charge in [0.05, 0.1) is 30.9 Å². The van der Waals surface area contributed by atoms with Crippen LogP contribution < -0.4 is 5.32 Å². The number of nitrogens with zero attached hydrogens (tertiary/aromatic N) is 3. The fourth-order valence-corrected chi connectivity index (χ4v) is 2.63. The van der Waals surface area contributed by atoms with Crippen LogP contribution >= 0.6 is 0 Å². The molecule has 1 aliphatic heterocycles. The van der Waals surface area contributed by atoms with E-state index in [0.717, 1.165) is 17.8 Å². The van der Waals surface area contributed by atoms with Gasteiger partial charge in [-0.05, 0) is 19.4 Å². The lowest BCUT2D eigenvalue weighted by molar-refractivity contribution is -0.137. The first-order valence-electron chi connectivity index (χ1n) is 7.30. The molecule has 7 nitrogen and oxygen atoms in total. The third-order valence-corrected chi connectivity index (χ3v) is 3.59. The second-order valence-corrected chi connectivity index (χ2v) is 5.45. The number of nitrogens with one attached hydrogen (secondary N) is 1. The van der Waals surface area contributed by atoms with Gasteiger partial charge in [-0.2, -0.15) is 5.10 Å². The highest BCUT2D eigenvalue weighted by atomic mass is 16.4. The lowest BCUT2D eigenvalue weighted by Crippen LogP contribution is -2.48. The van der Waals surface area contributed by atoms with Gasteiger partial charge in [-0.3, -0.25) is 9.48 Å². The highest BCUT2D eigenvalue weighted by Crippen LogP contribution is 2.14. The normalized spacial score (nSPS) is 15.4. The van der Waals surface area contributed by atoms with Crippen molar-refractivity contribution in [1.29, 1.82) is 0 Å². The molecule has 1 aromatic rings. The Hall–Kier alpha value is -2.05. The highest BCUT2D eigenvalue weighted by molar-refractivity contribution is 5.76. The number of fused-ring (bicyclic) bond motifs is 1. The molecule has 0 bridgehead atoms. The molecule has 116 valence electrons. The minimum Gasteiger partial charge on any atom is -0.481 e. The van der Waals surface area contributed by atoms with Crippen LogP contribution in [0.2, 0.25) is 0 Å². The Morgan fingerprint density at radius 2 is 2.24 bits per heavy atom. The molecule has 0 fully saturated rings. The number of carboxylic acids is 1. The van der Waals surface area contributed by atoms with E-state index >= 15 is 0 Å². The Balaban J connectivity index is 1.95. The minimum atomic E-state index is -0.888. The number of aliphatic carboxylic acids is 1. The Labute approximate surface area is 123 Å². The zero-order valence-corrected chi connectivity index (χ0v) is 12.5. The summed E-state index contributed by atoms with van der Waals surface area (Å²) in [5, 5.41) is 16.1. The summed E-state index contributed by atoms with van der Waals surface area (Å²) < 4.78 is 1.92. The molecule has 0 saturated carbocycles. The summed E-state index contributed by atoms with van der Waals surface area (Å²) in [5.41, 5.74) is 1.96. The van der Waals surface area contributed by atoms with Crippen molar-refractivity contribution in [2.75, 3.05) is 6.54 Å². The second kappa shape index (κ2) is 6.60. The molecule has 1 atom stereocenters. The standard InChI is InChI=1S/C14H22N4O3/c1-3-4-11(8-13(19)20)15-14(21)17-5-6-18-12(9-17)7-10(2)16-18/h7,11H,3-6,8-9H2,1-2H3,(H,15,21)(H,19,20)/t11-/m1/s1. The molecule has 2 rings (SSSR count). The van der Waals surface area contributed by atoms with Crippen LogP contribution in [0, 0.1) is 6.92 Å². The molecular weight excluding hydrogens is 272 g/mol. The molecule has 2 N–H and O–H groups in total. The van der Waals surface area contributed by atoms with Crippen LogP contribution in [-0.4, -0.2) is 44.4 Å². The first-order chi connectivity index (χ1) is 9.99. The van der Waals surface area contributed by atoms with Crippen LogP contribution in [0.15, 0.2) is 6.07 Å². The van der Waals surface area contributed by atoms with Gasteiger partial charge in [0.15, 0.2) is 0 Å². The van der Waals surface area contributed by atoms with Crippen LogP contribution in [0.1, 0.15) is 37.6 Å². The summed E-state index contributed by atoms with van der Waals surface area (Å²) in [4.78, 5) is 24.8. The first kappa shape index (κ1) is 15.3. The molecule has 0 unspecified atom stereocenters. The third kappa shape index (κ3) is 3.96. The van der Waals surface area contributed by atoms with Crippen molar-refractivity contribution in [1.82, 2.24) is 20.0 Å². The Morgan fingerprint density at radius 1 is 1.48 bits per heavy atom. The number of hydrogen-bond donors (Lipinski definition) is 2. The predicted molar refractivity (Wildman–Crippen MR) is 76.9 cm³/mol. The molecule has 0 spiro atoms. The minimum absolute atomic E-state index is 0.0372. The first-order valence-corrected chi connectivity index (χ1v) is 7.30. The molecule has 0 aromatic carbocycles. The van der Waals surface area contributed by atoms with E-state index in [1.165, 1.54) is 0 Å². The molecule has 1 aromatic heterocycles. The van der Waals surface area contributed by atoms with Crippen molar-refractivity contribution in [2.24, 2.45) is 0 Å². The summed E-state index contributed by atoms with van der Waals surface area (Å²) in [7, 11) is 0. The largest absolute Gasteiger partial charge is 0.481 e. The van der Waals surface area contributed by atoms with Crippen LogP contribution in [0.5, 0.6) is 0 Å². The third-order valence-electron chi connectivity index (χ3n) is 3.59. The van der Waals surface area contributed by atoms with Crippen molar-refractivity contribution >= 4 is 12.0 Å². The monoisotopic (exact) mass is 294 g/mol. The number of rotatable bonds is 5. The number of hydrogen-bond acceptors (Lipinski definition) is 3. The number of carbonyl (C=O) groups excluding carboxylic acids is 1. The molecule has 1 aliphatic rings. The Morgan fingerprint density at radius 3 is 2.90 bits per heavy atom. The summed E-state index contributed by atoms with van der Waals surface area (Å²) in [6.07, 6.45) is 1.47. The smallest absolute Gasteiger partial charge is 0.318 e. The highest BCUT2D eigenvalue weighted by Gasteiger charge is 2.24. The fourth-order valence-electron chi connectivity index (χ4n) is 2.63. The number of aromatic nitrogens is 2. The maximum Gasteiger partial charge on any atom is 0.318 e. The maximum absolute atomic E-state index is 12.3. The van der Waals surface area contributed by atoms with E-state index in [1.807, 2.05) is 24.6 Å². The molecule has 7 heteroatoms. The predicted octanol–water partition coefficient (Wildman–Crippen LogP) is 1.36. The zero-order valence-electron chi connectivity index (χ0n) is 12.5. The summed E-state index contributed by atoms with van der Waals surface area (Å²) in [6, 6.07) is 1.47. The van der Waals surface area contributed by atoms with Crippen LogP contribution in [0.4, 0.5) is 4.79 Å². The number of amides is 2. The maximum atomic E-state index is 12.3. The van der Waals surface area contributed by atoms with Crippen molar-refractivity contribution < 1.29 is 14.7 Å². The van der Waals surface area contributed by atoms with Gasteiger partial charge in [0.25, 0.3) is 0 Å². The summed E-state index contributed by atoms with van der Waals surface area (Å²) in [6.45, 7) is 5.68. The summed E-state index contributed by atoms with van der Waals surface area (Å²) >= 11 is 0. The zero-order chi connectivity index (χ0) is 15.4. The number of urea groups is 1. The fraction of sp³-hybridized carbons (Fsp3) is 0.643. The van der Waals surface area contributed by atoms with Crippen molar-refractivity contribution in [3.63, 3.8) is 0 Å². The van der Waals surface area contributed by atoms with Gasteiger partial charge in [-0.25, -0.2) is 4.79 Å². The van der Waals surface area contributed by atoms with E-state index < -0.39 is 5.97 Å². The molecule has 0 radical (unpaired) electrons. The van der Waals surface area contributed by atoms with E-state index in [4.69, 9.17) is 5.11 Å². The van der Waals surface area contributed by atoms with E-state index in [2.05, 4.69) is 10.4 Å². The van der Waals surface area contributed by atoms with Gasteiger partial charge >= 0.3 is 12.0 Å². The van der Waals surface area contributed by atoms with Gasteiger partial charge in [0.2, 0.25) is 0 Å². The SMILES string of the molecule is CCC[C@H](CC(=O)O)NC(=O)N1CCn2nc(C)cc2C1. The molecule has 2 heterocycles. The van der Waals surface area contributed by atoms with E-state index in [-0.39, 0.29) is 18.5 Å². The van der Waals surface area contributed by atoms with E-state index in [0.29, 0.717) is 26.1 Å². The number of carboxylic acid groups (broad SMARTS) is 1. The Kier molecular flexibility index (Phi) is 4.82. The van der Waals surface area contributed by atoms with Gasteiger partial charge < -0.3 is 15.3 Å². The lowest BCUT2D eigenvalue weighted by Gasteiger charge is -2.29. The van der Waals surface area contributed by atoms with Crippen molar-refractivity contribution in [2.45, 2.75) is 52.2 Å². The lowest BCUT2D eigenvalue weighted by atomic mass is 10.1. The van der Waals surface area contributed by atoms with E-state index in [1.54, 1.807) is 4.90 Å². The molecular formula is C14H22N4O3. The molecule has 0 aliphatic carbocycles. The van der Waals surface area contributed by atoms with Crippen molar-refractivity contribution in [3.8, 4) is 0 Å². The average Bonchev–Trinajstić information content (AvgIpc) is 2.77. The van der Waals surface area contributed by atoms with Gasteiger partial charge in [0, 0.05) is 12.6 Å². The quantitative estimate of drug-likeness (QED) is 0.858. The van der Waals surface area contributed by atoms with Crippen LogP contribution in [-0.2, 0) is 17.9 Å². The molecule has 0 saturated heterocycles. The van der Waals surface area contributed by atoms with Gasteiger partial charge in [0.1, 0.15) is 0 Å². The number of aryl methyl sites for hydroxylation is 1. The molecule has 2 amide bonds. The van der Waals surface area contributed by atoms with Gasteiger partial charge in [-0.1, -0.05) is 13.3 Å². The van der Waals surface area contributed by atoms with Crippen LogP contribution in [0.25, 0.3) is 0 Å². The van der Waals surface area contributed by atoms with Crippen LogP contribution in [0.3, 0.4) is 0 Å².